The molecule has 0 heterocycles. The first-order valence-electron chi connectivity index (χ1n) is 14.8. The molecule has 39 heavy (non-hydrogen) atoms. The molecule has 0 bridgehead atoms. The topological polar surface area (TPSA) is 91.3 Å². The molecule has 0 saturated carbocycles. The van der Waals surface area contributed by atoms with Crippen LogP contribution in [0.15, 0.2) is 0 Å². The number of hydrogen-bond donors (Lipinski definition) is 1. The molecule has 0 saturated heterocycles. The molecule has 0 aliphatic heterocycles. The van der Waals surface area contributed by atoms with E-state index in [0.29, 0.717) is 17.6 Å². The Bertz CT molecular complexity index is 728. The predicted molar refractivity (Wildman–Crippen MR) is 158 cm³/mol. The van der Waals surface area contributed by atoms with Crippen molar-refractivity contribution in [2.75, 3.05) is 60.3 Å². The van der Waals surface area contributed by atoms with Gasteiger partial charge in [0.15, 0.2) is 0 Å². The third kappa shape index (κ3) is 27.6. The quantitative estimate of drug-likeness (QED) is 0.0423. The highest BCUT2D eigenvalue weighted by atomic mass is 31.2. The normalized spacial score (nSPS) is 15.9. The van der Waals surface area contributed by atoms with Crippen LogP contribution in [-0.4, -0.2) is 75.8 Å². The summed E-state index contributed by atoms with van der Waals surface area (Å²) < 4.78 is 59.6. The molecule has 0 rings (SSSR count). The van der Waals surface area contributed by atoms with Crippen molar-refractivity contribution in [3.05, 3.63) is 0 Å². The van der Waals surface area contributed by atoms with Gasteiger partial charge in [-0.3, -0.25) is 13.6 Å². The summed E-state index contributed by atoms with van der Waals surface area (Å²) in [5.74, 6) is 2.23. The lowest BCUT2D eigenvalue weighted by Crippen LogP contribution is -2.37. The van der Waals surface area contributed by atoms with Crippen molar-refractivity contribution < 1.29 is 41.0 Å². The van der Waals surface area contributed by atoms with Crippen LogP contribution in [0.25, 0.3) is 0 Å². The summed E-state index contributed by atoms with van der Waals surface area (Å²) in [6.45, 7) is 2.41. The molecule has 0 radical (unpaired) electrons. The standard InChI is InChI=1S/C28H56FNO7P2/c1-6-8-10-11-12-13-14-15-16-17-18-19-20-21-23-34-28(26-36-38(29,31)25-9-7-2)27-37-39(32,33)35-24-22-30(3,4)5/h2,28H,6,8-27H2,1,3-5H3/p+1. The number of terminal acetylenes is 1. The molecule has 11 heteroatoms. The van der Waals surface area contributed by atoms with Gasteiger partial charge in [-0.25, -0.2) is 4.57 Å². The summed E-state index contributed by atoms with van der Waals surface area (Å²) in [5, 5.41) is 0. The molecular weight excluding hydrogens is 543 g/mol. The minimum absolute atomic E-state index is 0.0131. The summed E-state index contributed by atoms with van der Waals surface area (Å²) in [7, 11) is -2.91. The molecule has 232 valence electrons. The van der Waals surface area contributed by atoms with E-state index in [1.807, 2.05) is 21.1 Å². The molecule has 0 aromatic heterocycles. The van der Waals surface area contributed by atoms with Crippen LogP contribution in [0.5, 0.6) is 0 Å². The fourth-order valence-electron chi connectivity index (χ4n) is 3.79. The van der Waals surface area contributed by atoms with Gasteiger partial charge in [-0.05, 0) is 6.42 Å². The van der Waals surface area contributed by atoms with E-state index in [0.717, 1.165) is 19.3 Å². The first kappa shape index (κ1) is 38.7. The molecule has 0 aromatic rings. The lowest BCUT2D eigenvalue weighted by molar-refractivity contribution is -0.870. The van der Waals surface area contributed by atoms with Gasteiger partial charge in [0.2, 0.25) is 0 Å². The average molecular weight is 601 g/mol. The molecule has 0 amide bonds. The Balaban J connectivity index is 4.25. The van der Waals surface area contributed by atoms with Gasteiger partial charge in [-0.1, -0.05) is 90.4 Å². The summed E-state index contributed by atoms with van der Waals surface area (Å²) in [6.07, 6.45) is 21.2. The smallest absolute Gasteiger partial charge is 0.373 e. The van der Waals surface area contributed by atoms with Crippen molar-refractivity contribution in [2.45, 2.75) is 109 Å². The number of ether oxygens (including phenoxy) is 1. The van der Waals surface area contributed by atoms with Gasteiger partial charge in [0.1, 0.15) is 19.3 Å². The Labute approximate surface area is 238 Å². The molecule has 3 atom stereocenters. The van der Waals surface area contributed by atoms with E-state index < -0.39 is 21.6 Å². The molecule has 0 spiro atoms. The first-order chi connectivity index (χ1) is 18.4. The van der Waals surface area contributed by atoms with E-state index >= 15 is 0 Å². The first-order valence-corrected chi connectivity index (χ1v) is 18.0. The van der Waals surface area contributed by atoms with Crippen molar-refractivity contribution in [3.63, 3.8) is 0 Å². The second-order valence-corrected chi connectivity index (χ2v) is 14.6. The van der Waals surface area contributed by atoms with Gasteiger partial charge in [0.05, 0.1) is 40.5 Å². The van der Waals surface area contributed by atoms with Gasteiger partial charge in [-0.15, -0.1) is 12.3 Å². The Morgan fingerprint density at radius 3 is 1.77 bits per heavy atom. The predicted octanol–water partition coefficient (Wildman–Crippen LogP) is 7.90. The zero-order valence-electron chi connectivity index (χ0n) is 25.1. The van der Waals surface area contributed by atoms with Crippen molar-refractivity contribution >= 4 is 15.5 Å². The second kappa shape index (κ2) is 23.3. The third-order valence-electron chi connectivity index (χ3n) is 6.27. The van der Waals surface area contributed by atoms with Crippen molar-refractivity contribution in [2.24, 2.45) is 0 Å². The fraction of sp³-hybridized carbons (Fsp3) is 0.929. The minimum atomic E-state index is -4.38. The van der Waals surface area contributed by atoms with Crippen molar-refractivity contribution in [1.29, 1.82) is 0 Å². The third-order valence-corrected chi connectivity index (χ3v) is 8.54. The zero-order valence-corrected chi connectivity index (χ0v) is 26.9. The lowest BCUT2D eigenvalue weighted by atomic mass is 10.0. The number of rotatable bonds is 28. The molecule has 0 fully saturated rings. The largest absolute Gasteiger partial charge is 0.472 e. The highest BCUT2D eigenvalue weighted by Gasteiger charge is 2.28. The number of nitrogens with zero attached hydrogens (tertiary/aromatic N) is 1. The number of quaternary nitrogens is 1. The zero-order chi connectivity index (χ0) is 29.5. The van der Waals surface area contributed by atoms with Crippen molar-refractivity contribution in [1.82, 2.24) is 0 Å². The van der Waals surface area contributed by atoms with Crippen LogP contribution in [0.2, 0.25) is 0 Å². The summed E-state index contributed by atoms with van der Waals surface area (Å²) >= 11 is 0. The summed E-state index contributed by atoms with van der Waals surface area (Å²) in [4.78, 5) is 9.97. The number of unbranched alkanes of at least 4 members (excludes halogenated alkanes) is 13. The van der Waals surface area contributed by atoms with E-state index in [2.05, 4.69) is 12.8 Å². The van der Waals surface area contributed by atoms with Gasteiger partial charge < -0.3 is 18.6 Å². The van der Waals surface area contributed by atoms with E-state index in [4.69, 9.17) is 24.7 Å². The highest BCUT2D eigenvalue weighted by Crippen LogP contribution is 2.49. The SMILES string of the molecule is C#CCCP(=O)(F)OCC(COP(=O)(O)OCC[N+](C)(C)C)OCCCCCCCCCCCCCCCC. The second-order valence-electron chi connectivity index (χ2n) is 11.3. The maximum absolute atomic E-state index is 14.1. The van der Waals surface area contributed by atoms with Crippen LogP contribution in [0.1, 0.15) is 103 Å². The number of halogens is 1. The molecule has 3 unspecified atom stereocenters. The Hall–Kier alpha value is -0.290. The van der Waals surface area contributed by atoms with Gasteiger partial charge in [0, 0.05) is 13.0 Å². The van der Waals surface area contributed by atoms with E-state index in [9.17, 15) is 18.2 Å². The van der Waals surface area contributed by atoms with Crippen molar-refractivity contribution in [3.8, 4) is 12.3 Å². The van der Waals surface area contributed by atoms with Crippen LogP contribution in [0, 0.1) is 12.3 Å². The maximum Gasteiger partial charge on any atom is 0.472 e. The summed E-state index contributed by atoms with van der Waals surface area (Å²) in [5.41, 5.74) is 0. The molecule has 8 nitrogen and oxygen atoms in total. The van der Waals surface area contributed by atoms with Gasteiger partial charge in [-0.2, -0.15) is 4.20 Å². The maximum atomic E-state index is 14.1. The van der Waals surface area contributed by atoms with Crippen LogP contribution >= 0.6 is 15.5 Å². The number of phosphoric acid groups is 1. The highest BCUT2D eigenvalue weighted by molar-refractivity contribution is 7.53. The molecule has 0 aromatic carbocycles. The van der Waals surface area contributed by atoms with Crippen LogP contribution in [0.3, 0.4) is 0 Å². The van der Waals surface area contributed by atoms with E-state index in [-0.39, 0.29) is 32.4 Å². The summed E-state index contributed by atoms with van der Waals surface area (Å²) in [6, 6.07) is 0. The fourth-order valence-corrected chi connectivity index (χ4v) is 5.45. The van der Waals surface area contributed by atoms with Gasteiger partial charge >= 0.3 is 15.5 Å². The monoisotopic (exact) mass is 600 g/mol. The van der Waals surface area contributed by atoms with Crippen LogP contribution in [0.4, 0.5) is 4.20 Å². The van der Waals surface area contributed by atoms with Crippen LogP contribution < -0.4 is 0 Å². The molecule has 0 aliphatic carbocycles. The van der Waals surface area contributed by atoms with E-state index in [1.165, 1.54) is 70.6 Å². The van der Waals surface area contributed by atoms with Gasteiger partial charge in [0.25, 0.3) is 0 Å². The molecule has 0 aliphatic rings. The molecule has 1 N–H and O–H groups in total. The van der Waals surface area contributed by atoms with E-state index in [1.54, 1.807) is 0 Å². The Kier molecular flexibility index (Phi) is 23.1. The average Bonchev–Trinajstić information content (AvgIpc) is 2.85. The lowest BCUT2D eigenvalue weighted by Gasteiger charge is -2.24. The minimum Gasteiger partial charge on any atom is -0.373 e. The Morgan fingerprint density at radius 2 is 1.28 bits per heavy atom. The van der Waals surface area contributed by atoms with Crippen LogP contribution in [-0.2, 0) is 27.4 Å². The number of hydrogen-bond acceptors (Lipinski definition) is 6. The Morgan fingerprint density at radius 1 is 0.795 bits per heavy atom. The number of phosphoric ester groups is 1. The molecular formula is C28H57FNO7P2+. The number of likely N-dealkylation sites (N-methyl/N-ethyl adjacent to an activating group) is 1.